The van der Waals surface area contributed by atoms with Crippen molar-refractivity contribution in [2.45, 2.75) is 39.5 Å². The first-order valence-corrected chi connectivity index (χ1v) is 7.19. The van der Waals surface area contributed by atoms with Crippen molar-refractivity contribution in [2.75, 3.05) is 0 Å². The molecule has 2 unspecified atom stereocenters. The molecule has 1 aliphatic carbocycles. The summed E-state index contributed by atoms with van der Waals surface area (Å²) in [6, 6.07) is 4.42. The van der Waals surface area contributed by atoms with Crippen molar-refractivity contribution in [1.29, 1.82) is 0 Å². The number of hydrogen-bond donors (Lipinski definition) is 1. The van der Waals surface area contributed by atoms with Gasteiger partial charge in [-0.3, -0.25) is 0 Å². The normalized spacial score (nSPS) is 22.4. The molecule has 0 radical (unpaired) electrons. The van der Waals surface area contributed by atoms with E-state index in [9.17, 15) is 4.79 Å². The molecule has 1 N–H and O–H groups in total. The fraction of sp³-hybridized carbons (Fsp3) is 0.389. The monoisotopic (exact) mass is 270 g/mol. The largest absolute Gasteiger partial charge is 0.478 e. The van der Waals surface area contributed by atoms with E-state index in [0.717, 1.165) is 18.4 Å². The molecule has 1 aliphatic rings. The highest BCUT2D eigenvalue weighted by molar-refractivity contribution is 5.80. The van der Waals surface area contributed by atoms with E-state index in [1.807, 2.05) is 12.2 Å². The highest BCUT2D eigenvalue weighted by Crippen LogP contribution is 2.38. The van der Waals surface area contributed by atoms with E-state index in [1.54, 1.807) is 6.08 Å². The number of carboxylic acids is 1. The Morgan fingerprint density at radius 1 is 1.30 bits per heavy atom. The van der Waals surface area contributed by atoms with Gasteiger partial charge in [0.15, 0.2) is 0 Å². The Morgan fingerprint density at radius 2 is 2.05 bits per heavy atom. The van der Waals surface area contributed by atoms with Crippen molar-refractivity contribution in [3.8, 4) is 0 Å². The van der Waals surface area contributed by atoms with Crippen LogP contribution < -0.4 is 0 Å². The second-order valence-corrected chi connectivity index (χ2v) is 5.87. The molecule has 0 aliphatic heterocycles. The van der Waals surface area contributed by atoms with Crippen LogP contribution in [0, 0.1) is 12.8 Å². The number of fused-ring (bicyclic) bond motifs is 1. The Morgan fingerprint density at radius 3 is 2.75 bits per heavy atom. The Bertz CT molecular complexity index is 567. The molecule has 2 heteroatoms. The molecular weight excluding hydrogens is 248 g/mol. The van der Waals surface area contributed by atoms with Crippen LogP contribution in [0.4, 0.5) is 0 Å². The van der Waals surface area contributed by atoms with E-state index < -0.39 is 5.97 Å². The van der Waals surface area contributed by atoms with E-state index in [4.69, 9.17) is 5.11 Å². The molecule has 2 nitrogen and oxygen atoms in total. The molecule has 1 aromatic carbocycles. The molecule has 0 aromatic heterocycles. The SMILES string of the molecule is Cc1ccc2c(c1/C=C/C=C/C(=O)O)C(C)CC(C)C2. The Balaban J connectivity index is 2.38. The van der Waals surface area contributed by atoms with Gasteiger partial charge < -0.3 is 5.11 Å². The molecular formula is C18H22O2. The quantitative estimate of drug-likeness (QED) is 0.655. The lowest BCUT2D eigenvalue weighted by atomic mass is 9.75. The van der Waals surface area contributed by atoms with Crippen molar-refractivity contribution in [3.63, 3.8) is 0 Å². The number of hydrogen-bond acceptors (Lipinski definition) is 1. The van der Waals surface area contributed by atoms with Gasteiger partial charge in [0.05, 0.1) is 0 Å². The third-order valence-electron chi connectivity index (χ3n) is 4.03. The third-order valence-corrected chi connectivity index (χ3v) is 4.03. The number of allylic oxidation sites excluding steroid dienone is 2. The number of benzene rings is 1. The minimum absolute atomic E-state index is 0.566. The molecule has 106 valence electrons. The van der Waals surface area contributed by atoms with E-state index in [0.29, 0.717) is 5.92 Å². The summed E-state index contributed by atoms with van der Waals surface area (Å²) in [6.07, 6.45) is 8.97. The van der Waals surface area contributed by atoms with Gasteiger partial charge in [0, 0.05) is 6.08 Å². The Hall–Kier alpha value is -1.83. The molecule has 2 atom stereocenters. The zero-order valence-electron chi connectivity index (χ0n) is 12.4. The summed E-state index contributed by atoms with van der Waals surface area (Å²) in [6.45, 7) is 6.72. The molecule has 0 spiro atoms. The van der Waals surface area contributed by atoms with Crippen LogP contribution in [0.3, 0.4) is 0 Å². The second-order valence-electron chi connectivity index (χ2n) is 5.87. The number of carbonyl (C=O) groups is 1. The van der Waals surface area contributed by atoms with Crippen LogP contribution in [0.5, 0.6) is 0 Å². The minimum Gasteiger partial charge on any atom is -0.478 e. The molecule has 2 rings (SSSR count). The Kier molecular flexibility index (Phi) is 4.43. The lowest BCUT2D eigenvalue weighted by Crippen LogP contribution is -2.16. The number of carboxylic acid groups (broad SMARTS) is 1. The molecule has 0 saturated carbocycles. The summed E-state index contributed by atoms with van der Waals surface area (Å²) >= 11 is 0. The molecule has 0 bridgehead atoms. The number of rotatable bonds is 3. The first kappa shape index (κ1) is 14.6. The van der Waals surface area contributed by atoms with Gasteiger partial charge in [-0.1, -0.05) is 44.2 Å². The fourth-order valence-electron chi connectivity index (χ4n) is 3.24. The van der Waals surface area contributed by atoms with E-state index in [-0.39, 0.29) is 0 Å². The summed E-state index contributed by atoms with van der Waals surface area (Å²) < 4.78 is 0. The molecule has 0 amide bonds. The van der Waals surface area contributed by atoms with Gasteiger partial charge >= 0.3 is 5.97 Å². The van der Waals surface area contributed by atoms with Gasteiger partial charge in [-0.05, 0) is 53.9 Å². The summed E-state index contributed by atoms with van der Waals surface area (Å²) in [7, 11) is 0. The third kappa shape index (κ3) is 3.19. The number of aliphatic carboxylic acids is 1. The van der Waals surface area contributed by atoms with E-state index in [1.165, 1.54) is 28.7 Å². The highest BCUT2D eigenvalue weighted by atomic mass is 16.4. The zero-order valence-corrected chi connectivity index (χ0v) is 12.4. The van der Waals surface area contributed by atoms with Gasteiger partial charge in [-0.25, -0.2) is 4.79 Å². The average Bonchev–Trinajstić information content (AvgIpc) is 2.36. The average molecular weight is 270 g/mol. The van der Waals surface area contributed by atoms with Gasteiger partial charge in [-0.2, -0.15) is 0 Å². The smallest absolute Gasteiger partial charge is 0.328 e. The van der Waals surface area contributed by atoms with Crippen molar-refractivity contribution in [2.24, 2.45) is 5.92 Å². The molecule has 0 heterocycles. The first-order valence-electron chi connectivity index (χ1n) is 7.19. The fourth-order valence-corrected chi connectivity index (χ4v) is 3.24. The van der Waals surface area contributed by atoms with Crippen molar-refractivity contribution in [3.05, 3.63) is 52.6 Å². The zero-order chi connectivity index (χ0) is 14.7. The predicted molar refractivity (Wildman–Crippen MR) is 82.9 cm³/mol. The Labute approximate surface area is 120 Å². The van der Waals surface area contributed by atoms with Gasteiger partial charge in [-0.15, -0.1) is 0 Å². The van der Waals surface area contributed by atoms with Crippen LogP contribution in [-0.4, -0.2) is 11.1 Å². The van der Waals surface area contributed by atoms with Crippen LogP contribution in [0.2, 0.25) is 0 Å². The second kappa shape index (κ2) is 6.08. The predicted octanol–water partition coefficient (Wildman–Crippen LogP) is 4.33. The van der Waals surface area contributed by atoms with Gasteiger partial charge in [0.25, 0.3) is 0 Å². The van der Waals surface area contributed by atoms with Crippen LogP contribution in [0.1, 0.15) is 48.4 Å². The first-order chi connectivity index (χ1) is 9.49. The number of aryl methyl sites for hydroxylation is 1. The van der Waals surface area contributed by atoms with E-state index in [2.05, 4.69) is 32.9 Å². The van der Waals surface area contributed by atoms with Crippen molar-refractivity contribution in [1.82, 2.24) is 0 Å². The van der Waals surface area contributed by atoms with Gasteiger partial charge in [0.2, 0.25) is 0 Å². The molecule has 20 heavy (non-hydrogen) atoms. The minimum atomic E-state index is -0.913. The van der Waals surface area contributed by atoms with Crippen LogP contribution in [0.15, 0.2) is 30.4 Å². The lowest BCUT2D eigenvalue weighted by Gasteiger charge is -2.29. The van der Waals surface area contributed by atoms with Crippen molar-refractivity contribution >= 4 is 12.0 Å². The summed E-state index contributed by atoms with van der Waals surface area (Å²) in [5.74, 6) is 0.393. The summed E-state index contributed by atoms with van der Waals surface area (Å²) in [5, 5.41) is 8.61. The summed E-state index contributed by atoms with van der Waals surface area (Å²) in [5.41, 5.74) is 5.41. The van der Waals surface area contributed by atoms with Crippen LogP contribution in [-0.2, 0) is 11.2 Å². The van der Waals surface area contributed by atoms with Crippen LogP contribution in [0.25, 0.3) is 6.08 Å². The maximum Gasteiger partial charge on any atom is 0.328 e. The molecule has 0 saturated heterocycles. The molecule has 1 aromatic rings. The van der Waals surface area contributed by atoms with Gasteiger partial charge in [0.1, 0.15) is 0 Å². The van der Waals surface area contributed by atoms with E-state index >= 15 is 0 Å². The lowest BCUT2D eigenvalue weighted by molar-refractivity contribution is -0.131. The topological polar surface area (TPSA) is 37.3 Å². The highest BCUT2D eigenvalue weighted by Gasteiger charge is 2.23. The molecule has 0 fully saturated rings. The standard InChI is InChI=1S/C18H22O2/c1-12-10-14(3)18-15(11-12)9-8-13(2)16(18)6-4-5-7-17(19)20/h4-9,12,14H,10-11H2,1-3H3,(H,19,20)/b6-4+,7-5+. The maximum absolute atomic E-state index is 10.5. The maximum atomic E-state index is 10.5. The van der Waals surface area contributed by atoms with Crippen molar-refractivity contribution < 1.29 is 9.90 Å². The summed E-state index contributed by atoms with van der Waals surface area (Å²) in [4.78, 5) is 10.5. The van der Waals surface area contributed by atoms with Crippen LogP contribution >= 0.6 is 0 Å².